The minimum atomic E-state index is -0.984. The summed E-state index contributed by atoms with van der Waals surface area (Å²) in [5, 5.41) is 25.5. The molecule has 3 atom stereocenters. The van der Waals surface area contributed by atoms with Crippen LogP contribution in [0.25, 0.3) is 0 Å². The first-order valence-electron chi connectivity index (χ1n) is 13.9. The molecule has 0 saturated heterocycles. The first kappa shape index (κ1) is 31.8. The molecule has 10 nitrogen and oxygen atoms in total. The van der Waals surface area contributed by atoms with Gasteiger partial charge in [-0.15, -0.1) is 0 Å². The van der Waals surface area contributed by atoms with Crippen molar-refractivity contribution in [1.29, 1.82) is 0 Å². The monoisotopic (exact) mass is 572 g/mol. The summed E-state index contributed by atoms with van der Waals surface area (Å²) < 4.78 is 19.2. The number of carbonyl (C=O) groups excluding carboxylic acids is 3. The molecule has 1 aliphatic carbocycles. The quantitative estimate of drug-likeness (QED) is 0.204. The average molecular weight is 573 g/mol. The van der Waals surface area contributed by atoms with Crippen LogP contribution < -0.4 is 21.1 Å². The zero-order valence-corrected chi connectivity index (χ0v) is 23.9. The van der Waals surface area contributed by atoms with Crippen LogP contribution in [0.4, 0.5) is 4.39 Å². The van der Waals surface area contributed by atoms with Gasteiger partial charge < -0.3 is 36.2 Å². The molecule has 6 N–H and O–H groups in total. The number of halogens is 1. The molecule has 2 aromatic carbocycles. The third kappa shape index (κ3) is 9.72. The zero-order chi connectivity index (χ0) is 30.2. The lowest BCUT2D eigenvalue weighted by atomic mass is 10.0. The number of benzene rings is 2. The summed E-state index contributed by atoms with van der Waals surface area (Å²) >= 11 is 0. The number of aromatic hydroxyl groups is 1. The standard InChI is InChI=1S/C30H41FN4O6/c1-19(18-32)41-26-16-24(36)11-8-22(26)5-4-14-33-29(39)25(15-21-6-9-23(31)10-7-21)34-28(38)20(2)35(3)27(37)17-30(40)12-13-30/h6-11,16,19-20,25,36,40H,4-5,12-15,17-18,32H2,1-3H3,(H,33,39)(H,34,38). The smallest absolute Gasteiger partial charge is 0.243 e. The molecule has 0 aliphatic heterocycles. The number of nitrogens with zero attached hydrogens (tertiary/aromatic N) is 1. The second kappa shape index (κ2) is 14.3. The van der Waals surface area contributed by atoms with E-state index in [0.29, 0.717) is 50.1 Å². The summed E-state index contributed by atoms with van der Waals surface area (Å²) in [6.07, 6.45) is 2.05. The van der Waals surface area contributed by atoms with Crippen molar-refractivity contribution in [3.05, 3.63) is 59.4 Å². The number of hydrogen-bond acceptors (Lipinski definition) is 7. The van der Waals surface area contributed by atoms with Crippen molar-refractivity contribution in [2.24, 2.45) is 5.73 Å². The summed E-state index contributed by atoms with van der Waals surface area (Å²) in [5.41, 5.74) is 6.17. The van der Waals surface area contributed by atoms with Crippen molar-refractivity contribution in [3.63, 3.8) is 0 Å². The maximum Gasteiger partial charge on any atom is 0.243 e. The fourth-order valence-electron chi connectivity index (χ4n) is 4.21. The minimum absolute atomic E-state index is 0.0560. The van der Waals surface area contributed by atoms with Crippen LogP contribution in [0.15, 0.2) is 42.5 Å². The molecule has 1 saturated carbocycles. The molecule has 3 unspecified atom stereocenters. The fraction of sp³-hybridized carbons (Fsp3) is 0.500. The van der Waals surface area contributed by atoms with Gasteiger partial charge in [0.25, 0.3) is 0 Å². The van der Waals surface area contributed by atoms with Gasteiger partial charge in [-0.1, -0.05) is 18.2 Å². The van der Waals surface area contributed by atoms with Crippen molar-refractivity contribution >= 4 is 17.7 Å². The molecule has 0 aromatic heterocycles. The third-order valence-corrected chi connectivity index (χ3v) is 7.28. The van der Waals surface area contributed by atoms with Gasteiger partial charge in [0.2, 0.25) is 17.7 Å². The molecule has 11 heteroatoms. The van der Waals surface area contributed by atoms with Crippen molar-refractivity contribution in [2.45, 2.75) is 76.2 Å². The summed E-state index contributed by atoms with van der Waals surface area (Å²) in [6.45, 7) is 4.00. The highest BCUT2D eigenvalue weighted by molar-refractivity contribution is 5.92. The average Bonchev–Trinajstić information content (AvgIpc) is 3.67. The van der Waals surface area contributed by atoms with E-state index in [1.165, 1.54) is 30.1 Å². The van der Waals surface area contributed by atoms with E-state index in [2.05, 4.69) is 10.6 Å². The van der Waals surface area contributed by atoms with E-state index in [1.807, 2.05) is 6.92 Å². The Hall–Kier alpha value is -3.70. The topological polar surface area (TPSA) is 154 Å². The van der Waals surface area contributed by atoms with Gasteiger partial charge in [0.15, 0.2) is 0 Å². The third-order valence-electron chi connectivity index (χ3n) is 7.28. The fourth-order valence-corrected chi connectivity index (χ4v) is 4.21. The summed E-state index contributed by atoms with van der Waals surface area (Å²) in [5.74, 6) is -1.11. The number of aliphatic hydroxyl groups is 1. The van der Waals surface area contributed by atoms with Crippen LogP contribution in [0.1, 0.15) is 50.7 Å². The number of amides is 3. The number of carbonyl (C=O) groups is 3. The number of hydrogen-bond donors (Lipinski definition) is 5. The van der Waals surface area contributed by atoms with Crippen LogP contribution in [0.3, 0.4) is 0 Å². The predicted molar refractivity (Wildman–Crippen MR) is 152 cm³/mol. The Balaban J connectivity index is 1.61. The number of ether oxygens (including phenoxy) is 1. The molecule has 1 aliphatic rings. The Morgan fingerprint density at radius 1 is 1.12 bits per heavy atom. The normalized spacial score (nSPS) is 15.8. The molecule has 0 spiro atoms. The van der Waals surface area contributed by atoms with Crippen LogP contribution in [0, 0.1) is 5.82 Å². The second-order valence-corrected chi connectivity index (χ2v) is 10.8. The lowest BCUT2D eigenvalue weighted by molar-refractivity contribution is -0.141. The lowest BCUT2D eigenvalue weighted by Gasteiger charge is -2.27. The van der Waals surface area contributed by atoms with E-state index in [4.69, 9.17) is 10.5 Å². The summed E-state index contributed by atoms with van der Waals surface area (Å²) in [7, 11) is 1.49. The van der Waals surface area contributed by atoms with Gasteiger partial charge in [0, 0.05) is 32.6 Å². The van der Waals surface area contributed by atoms with E-state index in [0.717, 1.165) is 5.56 Å². The van der Waals surface area contributed by atoms with Crippen LogP contribution in [-0.2, 0) is 27.2 Å². The molecular weight excluding hydrogens is 531 g/mol. The van der Waals surface area contributed by atoms with Crippen LogP contribution in [0.2, 0.25) is 0 Å². The van der Waals surface area contributed by atoms with Crippen LogP contribution in [0.5, 0.6) is 11.5 Å². The molecule has 0 bridgehead atoms. The number of aryl methyl sites for hydroxylation is 1. The Kier molecular flexibility index (Phi) is 11.1. The van der Waals surface area contributed by atoms with Crippen molar-refractivity contribution < 1.29 is 33.7 Å². The molecule has 3 amide bonds. The van der Waals surface area contributed by atoms with Gasteiger partial charge in [0.1, 0.15) is 35.5 Å². The highest BCUT2D eigenvalue weighted by Crippen LogP contribution is 2.38. The maximum absolute atomic E-state index is 13.4. The molecule has 41 heavy (non-hydrogen) atoms. The summed E-state index contributed by atoms with van der Waals surface area (Å²) in [4.78, 5) is 40.1. The second-order valence-electron chi connectivity index (χ2n) is 10.8. The van der Waals surface area contributed by atoms with Gasteiger partial charge in [-0.25, -0.2) is 4.39 Å². The number of nitrogens with one attached hydrogen (secondary N) is 2. The molecule has 1 fully saturated rings. The van der Waals surface area contributed by atoms with E-state index in [1.54, 1.807) is 31.2 Å². The molecule has 0 radical (unpaired) electrons. The highest BCUT2D eigenvalue weighted by atomic mass is 19.1. The first-order valence-corrected chi connectivity index (χ1v) is 13.9. The predicted octanol–water partition coefficient (Wildman–Crippen LogP) is 1.80. The van der Waals surface area contributed by atoms with Gasteiger partial charge >= 0.3 is 0 Å². The molecule has 3 rings (SSSR count). The minimum Gasteiger partial charge on any atom is -0.508 e. The van der Waals surface area contributed by atoms with E-state index in [9.17, 15) is 29.0 Å². The number of nitrogens with two attached hydrogens (primary N) is 1. The van der Waals surface area contributed by atoms with Gasteiger partial charge in [0.05, 0.1) is 12.0 Å². The number of phenols is 1. The van der Waals surface area contributed by atoms with Gasteiger partial charge in [-0.05, 0) is 68.9 Å². The Morgan fingerprint density at radius 3 is 2.44 bits per heavy atom. The van der Waals surface area contributed by atoms with E-state index >= 15 is 0 Å². The highest BCUT2D eigenvalue weighted by Gasteiger charge is 2.43. The maximum atomic E-state index is 13.4. The first-order chi connectivity index (χ1) is 19.4. The van der Waals surface area contributed by atoms with Gasteiger partial charge in [-0.3, -0.25) is 14.4 Å². The number of rotatable bonds is 15. The number of likely N-dealkylation sites (N-methyl/N-ethyl adjacent to an activating group) is 1. The molecular formula is C30H41FN4O6. The Labute approximate surface area is 240 Å². The van der Waals surface area contributed by atoms with Crippen molar-refractivity contribution in [2.75, 3.05) is 20.1 Å². The SMILES string of the molecule is CC(CN)Oc1cc(O)ccc1CCCNC(=O)C(Cc1ccc(F)cc1)NC(=O)C(C)N(C)C(=O)CC1(O)CC1. The molecule has 0 heterocycles. The van der Waals surface area contributed by atoms with E-state index < -0.39 is 35.3 Å². The van der Waals surface area contributed by atoms with Crippen LogP contribution >= 0.6 is 0 Å². The largest absolute Gasteiger partial charge is 0.508 e. The Bertz CT molecular complexity index is 1200. The summed E-state index contributed by atoms with van der Waals surface area (Å²) in [6, 6.07) is 8.67. The van der Waals surface area contributed by atoms with Crippen LogP contribution in [-0.4, -0.2) is 76.8 Å². The van der Waals surface area contributed by atoms with Crippen molar-refractivity contribution in [1.82, 2.24) is 15.5 Å². The van der Waals surface area contributed by atoms with Gasteiger partial charge in [-0.2, -0.15) is 0 Å². The lowest BCUT2D eigenvalue weighted by Crippen LogP contribution is -2.54. The van der Waals surface area contributed by atoms with E-state index in [-0.39, 0.29) is 30.6 Å². The molecule has 224 valence electrons. The zero-order valence-electron chi connectivity index (χ0n) is 23.9. The Morgan fingerprint density at radius 2 is 1.80 bits per heavy atom. The van der Waals surface area contributed by atoms with Crippen molar-refractivity contribution in [3.8, 4) is 11.5 Å². The number of phenolic OH excluding ortho intramolecular Hbond substituents is 1. The molecule has 2 aromatic rings.